The number of alkyl halides is 4. The van der Waals surface area contributed by atoms with E-state index >= 15 is 0 Å². The van der Waals surface area contributed by atoms with E-state index in [4.69, 9.17) is 0 Å². The largest absolute Gasteiger partial charge is 0.469 e. The van der Waals surface area contributed by atoms with Crippen molar-refractivity contribution in [2.24, 2.45) is 0 Å². The fourth-order valence-corrected chi connectivity index (χ4v) is 1.56. The van der Waals surface area contributed by atoms with Crippen LogP contribution in [0, 0.1) is 0 Å². The Kier molecular flexibility index (Phi) is 1.83. The standard InChI is InChI=1S/C8H3BrF4O/c9-4-1-2-6-5(3-4)7(10,11)8(12,13)14-6/h1-3H. The van der Waals surface area contributed by atoms with Crippen LogP contribution in [0.2, 0.25) is 0 Å². The fourth-order valence-electron chi connectivity index (χ4n) is 1.20. The second kappa shape index (κ2) is 2.62. The van der Waals surface area contributed by atoms with E-state index in [0.29, 0.717) is 4.47 Å². The van der Waals surface area contributed by atoms with Gasteiger partial charge in [-0.15, -0.1) is 0 Å². The number of rotatable bonds is 0. The van der Waals surface area contributed by atoms with E-state index in [1.54, 1.807) is 0 Å². The van der Waals surface area contributed by atoms with Crippen LogP contribution in [-0.4, -0.2) is 6.11 Å². The number of hydrogen-bond donors (Lipinski definition) is 0. The Bertz CT molecular complexity index is 391. The van der Waals surface area contributed by atoms with Crippen LogP contribution in [0.1, 0.15) is 5.56 Å². The van der Waals surface area contributed by atoms with Crippen molar-refractivity contribution < 1.29 is 22.3 Å². The third kappa shape index (κ3) is 1.13. The van der Waals surface area contributed by atoms with Crippen molar-refractivity contribution in [3.05, 3.63) is 28.2 Å². The lowest BCUT2D eigenvalue weighted by Crippen LogP contribution is -2.36. The number of benzene rings is 1. The third-order valence-electron chi connectivity index (χ3n) is 1.88. The highest BCUT2D eigenvalue weighted by atomic mass is 79.9. The van der Waals surface area contributed by atoms with Crippen LogP contribution in [0.25, 0.3) is 0 Å². The van der Waals surface area contributed by atoms with Crippen molar-refractivity contribution in [3.63, 3.8) is 0 Å². The second-order valence-corrected chi connectivity index (χ2v) is 3.75. The summed E-state index contributed by atoms with van der Waals surface area (Å²) in [6.07, 6.45) is -4.46. The van der Waals surface area contributed by atoms with Crippen molar-refractivity contribution in [2.45, 2.75) is 12.0 Å². The zero-order valence-electron chi connectivity index (χ0n) is 6.53. The molecule has 1 aromatic carbocycles. The fraction of sp³-hybridized carbons (Fsp3) is 0.250. The Balaban J connectivity index is 2.62. The molecule has 1 nitrogen and oxygen atoms in total. The molecule has 1 aromatic rings. The molecule has 14 heavy (non-hydrogen) atoms. The van der Waals surface area contributed by atoms with E-state index in [1.165, 1.54) is 6.07 Å². The lowest BCUT2D eigenvalue weighted by atomic mass is 10.1. The maximum absolute atomic E-state index is 13.0. The van der Waals surface area contributed by atoms with E-state index < -0.39 is 23.3 Å². The number of halogens is 5. The summed E-state index contributed by atoms with van der Waals surface area (Å²) in [6, 6.07) is 3.36. The third-order valence-corrected chi connectivity index (χ3v) is 2.38. The molecule has 0 aliphatic carbocycles. The Morgan fingerprint density at radius 3 is 2.43 bits per heavy atom. The van der Waals surface area contributed by atoms with Gasteiger partial charge in [-0.1, -0.05) is 15.9 Å². The summed E-state index contributed by atoms with van der Waals surface area (Å²) in [5.74, 6) is -4.75. The van der Waals surface area contributed by atoms with E-state index in [1.807, 2.05) is 0 Å². The molecule has 0 spiro atoms. The molecule has 6 heteroatoms. The lowest BCUT2D eigenvalue weighted by Gasteiger charge is -2.15. The van der Waals surface area contributed by atoms with Crippen molar-refractivity contribution in [1.82, 2.24) is 0 Å². The number of fused-ring (bicyclic) bond motifs is 1. The van der Waals surface area contributed by atoms with E-state index in [0.717, 1.165) is 12.1 Å². The highest BCUT2D eigenvalue weighted by molar-refractivity contribution is 9.10. The van der Waals surface area contributed by atoms with Gasteiger partial charge >= 0.3 is 12.0 Å². The van der Waals surface area contributed by atoms with Gasteiger partial charge < -0.3 is 4.74 Å². The van der Waals surface area contributed by atoms with Gasteiger partial charge in [0.15, 0.2) is 0 Å². The van der Waals surface area contributed by atoms with Gasteiger partial charge in [0.1, 0.15) is 5.75 Å². The zero-order valence-corrected chi connectivity index (χ0v) is 8.12. The van der Waals surface area contributed by atoms with Crippen molar-refractivity contribution in [3.8, 4) is 5.75 Å². The second-order valence-electron chi connectivity index (χ2n) is 2.83. The van der Waals surface area contributed by atoms with Gasteiger partial charge in [0, 0.05) is 4.47 Å². The summed E-state index contributed by atoms with van der Waals surface area (Å²) in [6.45, 7) is 0. The maximum atomic E-state index is 13.0. The highest BCUT2D eigenvalue weighted by Gasteiger charge is 2.66. The Hall–Kier alpha value is -0.780. The van der Waals surface area contributed by atoms with Crippen LogP contribution < -0.4 is 4.74 Å². The summed E-state index contributed by atoms with van der Waals surface area (Å²) in [5.41, 5.74) is -0.795. The maximum Gasteiger partial charge on any atom is 0.469 e. The van der Waals surface area contributed by atoms with Gasteiger partial charge in [-0.05, 0) is 18.2 Å². The molecule has 76 valence electrons. The summed E-state index contributed by atoms with van der Waals surface area (Å²) in [5, 5.41) is 0. The molecule has 0 fully saturated rings. The molecule has 0 radical (unpaired) electrons. The predicted molar refractivity (Wildman–Crippen MR) is 43.6 cm³/mol. The van der Waals surface area contributed by atoms with Crippen LogP contribution in [0.15, 0.2) is 22.7 Å². The van der Waals surface area contributed by atoms with Gasteiger partial charge in [0.2, 0.25) is 0 Å². The van der Waals surface area contributed by atoms with Gasteiger partial charge in [0.05, 0.1) is 5.56 Å². The molecule has 0 amide bonds. The molecule has 0 saturated carbocycles. The first-order chi connectivity index (χ1) is 6.34. The molecular formula is C8H3BrF4O. The molecule has 0 bridgehead atoms. The normalized spacial score (nSPS) is 21.5. The van der Waals surface area contributed by atoms with Gasteiger partial charge in [-0.2, -0.15) is 17.6 Å². The van der Waals surface area contributed by atoms with Gasteiger partial charge in [-0.25, -0.2) is 0 Å². The van der Waals surface area contributed by atoms with Crippen molar-refractivity contribution in [1.29, 1.82) is 0 Å². The van der Waals surface area contributed by atoms with E-state index in [9.17, 15) is 17.6 Å². The minimum Gasteiger partial charge on any atom is -0.427 e. The average Bonchev–Trinajstić information content (AvgIpc) is 2.22. The Morgan fingerprint density at radius 2 is 1.79 bits per heavy atom. The lowest BCUT2D eigenvalue weighted by molar-refractivity contribution is -0.296. The predicted octanol–water partition coefficient (Wildman–Crippen LogP) is 3.53. The highest BCUT2D eigenvalue weighted by Crippen LogP contribution is 2.53. The molecule has 0 N–H and O–H groups in total. The Labute approximate surface area is 84.8 Å². The molecule has 0 aromatic heterocycles. The monoisotopic (exact) mass is 270 g/mol. The van der Waals surface area contributed by atoms with Crippen LogP contribution in [0.4, 0.5) is 17.6 Å². The van der Waals surface area contributed by atoms with Gasteiger partial charge in [0.25, 0.3) is 0 Å². The first-order valence-corrected chi connectivity index (χ1v) is 4.38. The van der Waals surface area contributed by atoms with Crippen molar-refractivity contribution in [2.75, 3.05) is 0 Å². The van der Waals surface area contributed by atoms with Crippen LogP contribution in [0.5, 0.6) is 5.75 Å². The smallest absolute Gasteiger partial charge is 0.427 e. The summed E-state index contributed by atoms with van der Waals surface area (Å²) in [7, 11) is 0. The molecule has 2 rings (SSSR count). The van der Waals surface area contributed by atoms with Crippen LogP contribution in [0.3, 0.4) is 0 Å². The molecule has 0 unspecified atom stereocenters. The molecule has 0 atom stereocenters. The van der Waals surface area contributed by atoms with E-state index in [2.05, 4.69) is 20.7 Å². The SMILES string of the molecule is FC1(F)Oc2ccc(Br)cc2C1(F)F. The Morgan fingerprint density at radius 1 is 1.14 bits per heavy atom. The topological polar surface area (TPSA) is 9.23 Å². The summed E-state index contributed by atoms with van der Waals surface area (Å²) >= 11 is 2.92. The molecular weight excluding hydrogens is 268 g/mol. The van der Waals surface area contributed by atoms with Gasteiger partial charge in [-0.3, -0.25) is 0 Å². The number of hydrogen-bond acceptors (Lipinski definition) is 1. The first kappa shape index (κ1) is 9.76. The average molecular weight is 271 g/mol. The zero-order chi connectivity index (χ0) is 10.6. The quantitative estimate of drug-likeness (QED) is 0.656. The summed E-state index contributed by atoms with van der Waals surface area (Å²) in [4.78, 5) is 0. The molecule has 1 heterocycles. The molecule has 1 aliphatic heterocycles. The van der Waals surface area contributed by atoms with Crippen LogP contribution in [-0.2, 0) is 5.92 Å². The molecule has 0 saturated heterocycles. The van der Waals surface area contributed by atoms with E-state index in [-0.39, 0.29) is 0 Å². The minimum atomic E-state index is -4.46. The van der Waals surface area contributed by atoms with Crippen molar-refractivity contribution >= 4 is 15.9 Å². The van der Waals surface area contributed by atoms with Crippen LogP contribution >= 0.6 is 15.9 Å². The minimum absolute atomic E-state index is 0.303. The summed E-state index contributed by atoms with van der Waals surface area (Å²) < 4.78 is 55.5. The number of ether oxygens (including phenoxy) is 1. The first-order valence-electron chi connectivity index (χ1n) is 3.59. The molecule has 1 aliphatic rings.